The fourth-order valence-corrected chi connectivity index (χ4v) is 4.53. The van der Waals surface area contributed by atoms with Crippen molar-refractivity contribution in [3.8, 4) is 0 Å². The van der Waals surface area contributed by atoms with Crippen LogP contribution in [0, 0.1) is 0 Å². The van der Waals surface area contributed by atoms with E-state index in [9.17, 15) is 9.59 Å². The van der Waals surface area contributed by atoms with Gasteiger partial charge in [-0.2, -0.15) is 0 Å². The molecule has 1 N–H and O–H groups in total. The summed E-state index contributed by atoms with van der Waals surface area (Å²) in [5.41, 5.74) is 1.11. The van der Waals surface area contributed by atoms with Crippen molar-refractivity contribution in [2.24, 2.45) is 0 Å². The molecule has 1 heterocycles. The Labute approximate surface area is 196 Å². The fourth-order valence-electron chi connectivity index (χ4n) is 4.41. The van der Waals surface area contributed by atoms with E-state index < -0.39 is 5.54 Å². The first-order chi connectivity index (χ1) is 15.2. The summed E-state index contributed by atoms with van der Waals surface area (Å²) in [5, 5.41) is 3.22. The van der Waals surface area contributed by atoms with Crippen LogP contribution < -0.4 is 10.2 Å². The second-order valence-electron chi connectivity index (χ2n) is 9.78. The zero-order valence-electron chi connectivity index (χ0n) is 19.5. The lowest BCUT2D eigenvalue weighted by molar-refractivity contribution is -0.130. The third-order valence-electron chi connectivity index (χ3n) is 6.41. The maximum absolute atomic E-state index is 13.8. The number of carbonyl (C=O) groups is 2. The third kappa shape index (κ3) is 5.15. The summed E-state index contributed by atoms with van der Waals surface area (Å²) in [6.07, 6.45) is 8.63. The monoisotopic (exact) mass is 455 g/mol. The Hall–Kier alpha value is -2.40. The van der Waals surface area contributed by atoms with Gasteiger partial charge in [-0.3, -0.25) is 19.5 Å². The predicted molar refractivity (Wildman–Crippen MR) is 130 cm³/mol. The molecule has 1 aromatic carbocycles. The zero-order valence-corrected chi connectivity index (χ0v) is 20.3. The van der Waals surface area contributed by atoms with Crippen LogP contribution in [0.1, 0.15) is 70.9 Å². The van der Waals surface area contributed by atoms with E-state index in [4.69, 9.17) is 11.6 Å². The average Bonchev–Trinajstić information content (AvgIpc) is 2.80. The van der Waals surface area contributed by atoms with E-state index in [2.05, 4.69) is 31.1 Å². The quantitative estimate of drug-likeness (QED) is 0.600. The summed E-state index contributed by atoms with van der Waals surface area (Å²) >= 11 is 6.05. The summed E-state index contributed by atoms with van der Waals surface area (Å²) in [4.78, 5) is 32.8. The number of benzene rings is 1. The first kappa shape index (κ1) is 24.2. The first-order valence-electron chi connectivity index (χ1n) is 11.4. The van der Waals surface area contributed by atoms with Crippen LogP contribution in [-0.2, 0) is 20.5 Å². The highest BCUT2D eigenvalue weighted by molar-refractivity contribution is 6.30. The molecule has 3 rings (SSSR count). The Morgan fingerprint density at radius 3 is 2.22 bits per heavy atom. The van der Waals surface area contributed by atoms with Crippen LogP contribution in [0.15, 0.2) is 48.8 Å². The van der Waals surface area contributed by atoms with Crippen molar-refractivity contribution in [1.82, 2.24) is 10.3 Å². The summed E-state index contributed by atoms with van der Waals surface area (Å²) in [6, 6.07) is 11.5. The lowest BCUT2D eigenvalue weighted by Gasteiger charge is -2.41. The van der Waals surface area contributed by atoms with E-state index in [1.54, 1.807) is 25.4 Å². The number of carbonyl (C=O) groups excluding carboxylic acids is 2. The molecule has 6 heteroatoms. The van der Waals surface area contributed by atoms with Crippen LogP contribution in [-0.4, -0.2) is 28.7 Å². The molecule has 0 saturated heterocycles. The number of hydrogen-bond acceptors (Lipinski definition) is 3. The highest BCUT2D eigenvalue weighted by Crippen LogP contribution is 2.35. The Bertz CT molecular complexity index is 918. The van der Waals surface area contributed by atoms with Gasteiger partial charge in [0, 0.05) is 29.7 Å². The number of hydrogen-bond donors (Lipinski definition) is 1. The van der Waals surface area contributed by atoms with Crippen molar-refractivity contribution in [2.75, 3.05) is 10.8 Å². The van der Waals surface area contributed by atoms with Gasteiger partial charge in [-0.05, 0) is 48.9 Å². The van der Waals surface area contributed by atoms with Gasteiger partial charge in [0.1, 0.15) is 5.88 Å². The highest BCUT2D eigenvalue weighted by atomic mass is 35.5. The van der Waals surface area contributed by atoms with Crippen molar-refractivity contribution in [3.63, 3.8) is 0 Å². The number of nitrogens with zero attached hydrogens (tertiary/aromatic N) is 2. The minimum absolute atomic E-state index is 0.0230. The van der Waals surface area contributed by atoms with Gasteiger partial charge < -0.3 is 5.32 Å². The predicted octanol–water partition coefficient (Wildman–Crippen LogP) is 5.32. The molecule has 1 aliphatic carbocycles. The second kappa shape index (κ2) is 10.0. The Morgan fingerprint density at radius 1 is 1.03 bits per heavy atom. The summed E-state index contributed by atoms with van der Waals surface area (Å²) < 4.78 is 0. The molecule has 2 amide bonds. The summed E-state index contributed by atoms with van der Waals surface area (Å²) in [7, 11) is 0. The molecule has 1 atom stereocenters. The van der Waals surface area contributed by atoms with Crippen molar-refractivity contribution in [2.45, 2.75) is 76.8 Å². The van der Waals surface area contributed by atoms with Gasteiger partial charge in [0.2, 0.25) is 5.91 Å². The topological polar surface area (TPSA) is 62.3 Å². The number of amides is 2. The van der Waals surface area contributed by atoms with E-state index in [1.807, 2.05) is 30.3 Å². The van der Waals surface area contributed by atoms with E-state index in [-0.39, 0.29) is 29.2 Å². The number of aromatic nitrogens is 1. The van der Waals surface area contributed by atoms with Crippen LogP contribution in [0.4, 0.5) is 5.69 Å². The number of pyridine rings is 1. The zero-order chi connectivity index (χ0) is 23.4. The van der Waals surface area contributed by atoms with Crippen LogP contribution in [0.5, 0.6) is 0 Å². The molecular weight excluding hydrogens is 422 g/mol. The molecule has 1 aliphatic rings. The van der Waals surface area contributed by atoms with Gasteiger partial charge in [-0.15, -0.1) is 11.6 Å². The van der Waals surface area contributed by atoms with E-state index in [0.717, 1.165) is 31.2 Å². The summed E-state index contributed by atoms with van der Waals surface area (Å²) in [6.45, 7) is 8.20. The van der Waals surface area contributed by atoms with Gasteiger partial charge in [0.05, 0.1) is 0 Å². The second-order valence-corrected chi connectivity index (χ2v) is 10.0. The van der Waals surface area contributed by atoms with Crippen molar-refractivity contribution in [3.05, 3.63) is 59.9 Å². The Morgan fingerprint density at radius 2 is 1.69 bits per heavy atom. The van der Waals surface area contributed by atoms with Crippen LogP contribution >= 0.6 is 11.6 Å². The largest absolute Gasteiger partial charge is 0.351 e. The average molecular weight is 456 g/mol. The molecule has 0 unspecified atom stereocenters. The molecule has 172 valence electrons. The maximum Gasteiger partial charge on any atom is 0.251 e. The summed E-state index contributed by atoms with van der Waals surface area (Å²) in [5.74, 6) is -0.774. The van der Waals surface area contributed by atoms with Gasteiger partial charge in [-0.1, -0.05) is 58.2 Å². The molecule has 0 aliphatic heterocycles. The van der Waals surface area contributed by atoms with Gasteiger partial charge in [0.25, 0.3) is 5.91 Å². The molecule has 5 nitrogen and oxygen atoms in total. The number of anilines is 1. The van der Waals surface area contributed by atoms with Crippen molar-refractivity contribution in [1.29, 1.82) is 0 Å². The van der Waals surface area contributed by atoms with Crippen LogP contribution in [0.2, 0.25) is 0 Å². The minimum atomic E-state index is -1.29. The highest BCUT2D eigenvalue weighted by Gasteiger charge is 2.45. The molecule has 1 fully saturated rings. The normalized spacial score (nSPS) is 16.8. The van der Waals surface area contributed by atoms with Gasteiger partial charge in [0.15, 0.2) is 5.54 Å². The standard InChI is InChI=1S/C26H34ClN3O2/c1-25(2,3)19-12-14-22(15-13-19)30(23(31)17-27)26(4,20-9-8-16-28-18-20)24(32)29-21-10-6-5-7-11-21/h8-9,12-16,18,21H,5-7,10-11,17H2,1-4H3,(H,29,32)/t26-/m0/s1. The number of halogens is 1. The molecule has 32 heavy (non-hydrogen) atoms. The Balaban J connectivity index is 2.08. The van der Waals surface area contributed by atoms with E-state index >= 15 is 0 Å². The molecule has 0 bridgehead atoms. The van der Waals surface area contributed by atoms with Crippen molar-refractivity contribution >= 4 is 29.1 Å². The Kier molecular flexibility index (Phi) is 7.60. The van der Waals surface area contributed by atoms with Crippen LogP contribution in [0.3, 0.4) is 0 Å². The lowest BCUT2D eigenvalue weighted by Crippen LogP contribution is -2.59. The third-order valence-corrected chi connectivity index (χ3v) is 6.64. The number of rotatable bonds is 6. The molecule has 2 aromatic rings. The van der Waals surface area contributed by atoms with E-state index in [1.165, 1.54) is 11.3 Å². The van der Waals surface area contributed by atoms with Crippen molar-refractivity contribution < 1.29 is 9.59 Å². The number of nitrogens with one attached hydrogen (secondary N) is 1. The number of alkyl halides is 1. The smallest absolute Gasteiger partial charge is 0.251 e. The van der Waals surface area contributed by atoms with Gasteiger partial charge in [-0.25, -0.2) is 0 Å². The fraction of sp³-hybridized carbons (Fsp3) is 0.500. The molecule has 0 spiro atoms. The SMILES string of the molecule is CC(C)(C)c1ccc(N(C(=O)CCl)[C@](C)(C(=O)NC2CCCCC2)c2cccnc2)cc1. The molecule has 0 radical (unpaired) electrons. The molecule has 1 saturated carbocycles. The maximum atomic E-state index is 13.8. The van der Waals surface area contributed by atoms with E-state index in [0.29, 0.717) is 11.3 Å². The molecular formula is C26H34ClN3O2. The van der Waals surface area contributed by atoms with Crippen LogP contribution in [0.25, 0.3) is 0 Å². The first-order valence-corrected chi connectivity index (χ1v) is 11.9. The van der Waals surface area contributed by atoms with Gasteiger partial charge >= 0.3 is 0 Å². The lowest BCUT2D eigenvalue weighted by atomic mass is 9.85. The molecule has 1 aromatic heterocycles. The minimum Gasteiger partial charge on any atom is -0.351 e.